The van der Waals surface area contributed by atoms with Crippen LogP contribution < -0.4 is 0 Å². The summed E-state index contributed by atoms with van der Waals surface area (Å²) in [6.45, 7) is 5.27. The number of aromatic nitrogens is 1. The minimum atomic E-state index is -0.616. The smallest absolute Gasteiger partial charge is 0.199 e. The van der Waals surface area contributed by atoms with Gasteiger partial charge in [0, 0.05) is 11.8 Å². The number of pyridine rings is 1. The molecular weight excluding hydrogens is 221 g/mol. The van der Waals surface area contributed by atoms with Gasteiger partial charge in [0.05, 0.1) is 17.3 Å². The van der Waals surface area contributed by atoms with Crippen molar-refractivity contribution in [3.8, 4) is 0 Å². The lowest BCUT2D eigenvalue weighted by Gasteiger charge is -2.01. The second-order valence-electron chi connectivity index (χ2n) is 3.90. The SMILES string of the molecule is Cc1oc(C)c(C(=O)c2ccncc2F)c1C. The number of hydrogen-bond acceptors (Lipinski definition) is 3. The Kier molecular flexibility index (Phi) is 2.79. The highest BCUT2D eigenvalue weighted by atomic mass is 19.1. The summed E-state index contributed by atoms with van der Waals surface area (Å²) in [4.78, 5) is 15.8. The zero-order chi connectivity index (χ0) is 12.6. The summed E-state index contributed by atoms with van der Waals surface area (Å²) in [6, 6.07) is 1.37. The van der Waals surface area contributed by atoms with E-state index in [9.17, 15) is 9.18 Å². The molecule has 2 aromatic rings. The van der Waals surface area contributed by atoms with Crippen LogP contribution in [-0.4, -0.2) is 10.8 Å². The zero-order valence-electron chi connectivity index (χ0n) is 9.87. The minimum Gasteiger partial charge on any atom is -0.466 e. The van der Waals surface area contributed by atoms with Crippen LogP contribution >= 0.6 is 0 Å². The number of furan rings is 1. The monoisotopic (exact) mass is 233 g/mol. The Hall–Kier alpha value is -1.97. The van der Waals surface area contributed by atoms with Gasteiger partial charge in [-0.15, -0.1) is 0 Å². The van der Waals surface area contributed by atoms with E-state index in [4.69, 9.17) is 4.42 Å². The van der Waals surface area contributed by atoms with Gasteiger partial charge in [-0.25, -0.2) is 4.39 Å². The number of aryl methyl sites for hydroxylation is 2. The topological polar surface area (TPSA) is 43.1 Å². The van der Waals surface area contributed by atoms with E-state index in [2.05, 4.69) is 4.98 Å². The Morgan fingerprint density at radius 1 is 1.29 bits per heavy atom. The van der Waals surface area contributed by atoms with E-state index in [1.54, 1.807) is 20.8 Å². The normalized spacial score (nSPS) is 10.6. The van der Waals surface area contributed by atoms with E-state index in [0.29, 0.717) is 17.1 Å². The van der Waals surface area contributed by atoms with Gasteiger partial charge in [-0.3, -0.25) is 9.78 Å². The van der Waals surface area contributed by atoms with Crippen LogP contribution in [0.2, 0.25) is 0 Å². The van der Waals surface area contributed by atoms with Crippen molar-refractivity contribution in [1.82, 2.24) is 4.98 Å². The number of carbonyl (C=O) groups excluding carboxylic acids is 1. The number of ketones is 1. The fourth-order valence-corrected chi connectivity index (χ4v) is 1.82. The molecule has 0 bridgehead atoms. The zero-order valence-corrected chi connectivity index (χ0v) is 9.87. The first-order chi connectivity index (χ1) is 8.02. The summed E-state index contributed by atoms with van der Waals surface area (Å²) in [5.41, 5.74) is 1.21. The fourth-order valence-electron chi connectivity index (χ4n) is 1.82. The minimum absolute atomic E-state index is 0.0204. The number of carbonyl (C=O) groups is 1. The molecule has 0 fully saturated rings. The van der Waals surface area contributed by atoms with Crippen LogP contribution in [0, 0.1) is 26.6 Å². The first-order valence-electron chi connectivity index (χ1n) is 5.23. The van der Waals surface area contributed by atoms with E-state index < -0.39 is 5.82 Å². The highest BCUT2D eigenvalue weighted by Crippen LogP contribution is 2.24. The second-order valence-corrected chi connectivity index (χ2v) is 3.90. The van der Waals surface area contributed by atoms with Crippen LogP contribution in [0.4, 0.5) is 4.39 Å². The third-order valence-corrected chi connectivity index (χ3v) is 2.81. The molecule has 2 aromatic heterocycles. The molecule has 3 nitrogen and oxygen atoms in total. The number of halogens is 1. The molecular formula is C13H12FNO2. The van der Waals surface area contributed by atoms with Crippen molar-refractivity contribution < 1.29 is 13.6 Å². The molecule has 17 heavy (non-hydrogen) atoms. The van der Waals surface area contributed by atoms with Gasteiger partial charge in [-0.05, 0) is 26.8 Å². The molecule has 0 atom stereocenters. The Balaban J connectivity index is 2.55. The maximum absolute atomic E-state index is 13.5. The molecule has 0 spiro atoms. The number of hydrogen-bond donors (Lipinski definition) is 0. The van der Waals surface area contributed by atoms with Crippen LogP contribution in [-0.2, 0) is 0 Å². The summed E-state index contributed by atoms with van der Waals surface area (Å²) in [6.07, 6.45) is 2.43. The van der Waals surface area contributed by atoms with Gasteiger partial charge < -0.3 is 4.42 Å². The maximum atomic E-state index is 13.5. The second kappa shape index (κ2) is 4.13. The third kappa shape index (κ3) is 1.86. The maximum Gasteiger partial charge on any atom is 0.199 e. The van der Waals surface area contributed by atoms with Crippen molar-refractivity contribution in [2.24, 2.45) is 0 Å². The molecule has 0 aliphatic carbocycles. The Morgan fingerprint density at radius 3 is 2.53 bits per heavy atom. The summed E-state index contributed by atoms with van der Waals surface area (Å²) in [5, 5.41) is 0. The lowest BCUT2D eigenvalue weighted by Crippen LogP contribution is -2.06. The molecule has 0 aliphatic rings. The van der Waals surface area contributed by atoms with Gasteiger partial charge in [-0.1, -0.05) is 0 Å². The summed E-state index contributed by atoms with van der Waals surface area (Å²) >= 11 is 0. The molecule has 0 unspecified atom stereocenters. The summed E-state index contributed by atoms with van der Waals surface area (Å²) < 4.78 is 18.9. The van der Waals surface area contributed by atoms with E-state index in [0.717, 1.165) is 11.8 Å². The van der Waals surface area contributed by atoms with Crippen molar-refractivity contribution in [1.29, 1.82) is 0 Å². The Bertz CT molecular complexity index is 587. The predicted molar refractivity (Wildman–Crippen MR) is 60.5 cm³/mol. The molecule has 88 valence electrons. The van der Waals surface area contributed by atoms with E-state index in [1.807, 2.05) is 0 Å². The fraction of sp³-hybridized carbons (Fsp3) is 0.231. The number of rotatable bonds is 2. The quantitative estimate of drug-likeness (QED) is 0.749. The van der Waals surface area contributed by atoms with Gasteiger partial charge in [0.15, 0.2) is 11.6 Å². The van der Waals surface area contributed by atoms with Crippen LogP contribution in [0.25, 0.3) is 0 Å². The molecule has 4 heteroatoms. The van der Waals surface area contributed by atoms with Gasteiger partial charge in [0.1, 0.15) is 11.5 Å². The molecule has 0 radical (unpaired) electrons. The molecule has 0 aliphatic heterocycles. The first-order valence-corrected chi connectivity index (χ1v) is 5.23. The molecule has 0 amide bonds. The predicted octanol–water partition coefficient (Wildman–Crippen LogP) is 2.97. The molecule has 0 N–H and O–H groups in total. The van der Waals surface area contributed by atoms with Crippen molar-refractivity contribution >= 4 is 5.78 Å². The van der Waals surface area contributed by atoms with Gasteiger partial charge in [0.25, 0.3) is 0 Å². The largest absolute Gasteiger partial charge is 0.466 e. The van der Waals surface area contributed by atoms with E-state index >= 15 is 0 Å². The lowest BCUT2D eigenvalue weighted by molar-refractivity contribution is 0.103. The van der Waals surface area contributed by atoms with Crippen molar-refractivity contribution in [3.05, 3.63) is 52.5 Å². The van der Waals surface area contributed by atoms with Crippen molar-refractivity contribution in [2.45, 2.75) is 20.8 Å². The van der Waals surface area contributed by atoms with Crippen LogP contribution in [0.5, 0.6) is 0 Å². The molecule has 0 saturated carbocycles. The van der Waals surface area contributed by atoms with E-state index in [1.165, 1.54) is 12.3 Å². The van der Waals surface area contributed by atoms with Crippen LogP contribution in [0.15, 0.2) is 22.9 Å². The Labute approximate surface area is 98.3 Å². The van der Waals surface area contributed by atoms with E-state index in [-0.39, 0.29) is 11.3 Å². The van der Waals surface area contributed by atoms with Crippen LogP contribution in [0.3, 0.4) is 0 Å². The lowest BCUT2D eigenvalue weighted by atomic mass is 10.0. The summed E-state index contributed by atoms with van der Waals surface area (Å²) in [5.74, 6) is 0.216. The van der Waals surface area contributed by atoms with Crippen molar-refractivity contribution in [2.75, 3.05) is 0 Å². The first kappa shape index (κ1) is 11.5. The Morgan fingerprint density at radius 2 is 2.00 bits per heavy atom. The highest BCUT2D eigenvalue weighted by molar-refractivity contribution is 6.10. The molecule has 2 rings (SSSR count). The van der Waals surface area contributed by atoms with Gasteiger partial charge in [-0.2, -0.15) is 0 Å². The third-order valence-electron chi connectivity index (χ3n) is 2.81. The molecule has 2 heterocycles. The van der Waals surface area contributed by atoms with Crippen LogP contribution in [0.1, 0.15) is 33.0 Å². The standard InChI is InChI=1S/C13H12FNO2/c1-7-8(2)17-9(3)12(7)13(16)10-4-5-15-6-11(10)14/h4-6H,1-3H3. The molecule has 0 aromatic carbocycles. The summed E-state index contributed by atoms with van der Waals surface area (Å²) in [7, 11) is 0. The van der Waals surface area contributed by atoms with Gasteiger partial charge in [0.2, 0.25) is 0 Å². The average molecular weight is 233 g/mol. The highest BCUT2D eigenvalue weighted by Gasteiger charge is 2.22. The van der Waals surface area contributed by atoms with Crippen molar-refractivity contribution in [3.63, 3.8) is 0 Å². The average Bonchev–Trinajstić information content (AvgIpc) is 2.53. The molecule has 0 saturated heterocycles. The van der Waals surface area contributed by atoms with Gasteiger partial charge >= 0.3 is 0 Å². The number of nitrogens with zero attached hydrogens (tertiary/aromatic N) is 1.